The number of phenolic OH excluding ortho intramolecular Hbond substituents is 1. The molecule has 1 aliphatic heterocycles. The number of carboxylic acids is 1. The molecule has 8 heteroatoms. The number of aromatic hydroxyl groups is 1. The highest BCUT2D eigenvalue weighted by Gasteiger charge is 2.36. The van der Waals surface area contributed by atoms with Crippen molar-refractivity contribution in [2.75, 3.05) is 4.90 Å². The second-order valence-electron chi connectivity index (χ2n) is 4.72. The topological polar surface area (TPSA) is 125 Å². The van der Waals surface area contributed by atoms with Gasteiger partial charge in [0, 0.05) is 24.3 Å². The van der Waals surface area contributed by atoms with E-state index in [0.29, 0.717) is 4.90 Å². The van der Waals surface area contributed by atoms with Gasteiger partial charge in [-0.15, -0.1) is 0 Å². The maximum atomic E-state index is 11.9. The number of hydrogen-bond donors (Lipinski definition) is 2. The molecule has 0 bridgehead atoms. The fourth-order valence-electron chi connectivity index (χ4n) is 2.42. The van der Waals surface area contributed by atoms with Crippen molar-refractivity contribution < 1.29 is 29.0 Å². The minimum absolute atomic E-state index is 0.0578. The van der Waals surface area contributed by atoms with Crippen LogP contribution >= 0.6 is 0 Å². The molecule has 1 fully saturated rings. The van der Waals surface area contributed by atoms with Gasteiger partial charge in [0.2, 0.25) is 11.8 Å². The van der Waals surface area contributed by atoms with Crippen LogP contribution in [0.3, 0.4) is 0 Å². The summed E-state index contributed by atoms with van der Waals surface area (Å²) in [7, 11) is 0. The first-order chi connectivity index (χ1) is 10.4. The molecular formula is C14H9NO7. The highest BCUT2D eigenvalue weighted by Crippen LogP contribution is 2.33. The van der Waals surface area contributed by atoms with E-state index >= 15 is 0 Å². The molecule has 2 aromatic rings. The van der Waals surface area contributed by atoms with Gasteiger partial charge < -0.3 is 14.6 Å². The van der Waals surface area contributed by atoms with E-state index in [1.54, 1.807) is 0 Å². The van der Waals surface area contributed by atoms with Gasteiger partial charge in [-0.3, -0.25) is 9.59 Å². The predicted molar refractivity (Wildman–Crippen MR) is 72.8 cm³/mol. The van der Waals surface area contributed by atoms with Gasteiger partial charge in [-0.2, -0.15) is 0 Å². The molecule has 2 amide bonds. The van der Waals surface area contributed by atoms with Crippen molar-refractivity contribution >= 4 is 34.4 Å². The molecule has 0 spiro atoms. The number of benzene rings is 1. The van der Waals surface area contributed by atoms with Gasteiger partial charge in [-0.1, -0.05) is 0 Å². The van der Waals surface area contributed by atoms with Crippen molar-refractivity contribution in [2.24, 2.45) is 0 Å². The first kappa shape index (κ1) is 13.8. The summed E-state index contributed by atoms with van der Waals surface area (Å²) in [6.07, 6.45) is -0.116. The van der Waals surface area contributed by atoms with Crippen LogP contribution in [0.2, 0.25) is 0 Å². The van der Waals surface area contributed by atoms with Crippen LogP contribution in [-0.2, 0) is 9.59 Å². The zero-order valence-corrected chi connectivity index (χ0v) is 11.0. The molecule has 3 rings (SSSR count). The molecule has 0 saturated carbocycles. The predicted octanol–water partition coefficient (Wildman–Crippen LogP) is 0.850. The molecular weight excluding hydrogens is 294 g/mol. The van der Waals surface area contributed by atoms with Gasteiger partial charge in [0.1, 0.15) is 11.3 Å². The number of carbonyl (C=O) groups excluding carboxylic acids is 2. The Balaban J connectivity index is 2.46. The lowest BCUT2D eigenvalue weighted by Crippen LogP contribution is -2.32. The minimum Gasteiger partial charge on any atom is -0.508 e. The van der Waals surface area contributed by atoms with Crippen molar-refractivity contribution in [3.05, 3.63) is 34.2 Å². The number of fused-ring (bicyclic) bond motifs is 1. The number of amides is 2. The van der Waals surface area contributed by atoms with E-state index in [1.165, 1.54) is 12.1 Å². The number of aromatic carboxylic acids is 1. The number of carbonyl (C=O) groups is 3. The summed E-state index contributed by atoms with van der Waals surface area (Å²) in [5, 5.41) is 18.8. The summed E-state index contributed by atoms with van der Waals surface area (Å²) in [4.78, 5) is 47.8. The monoisotopic (exact) mass is 303 g/mol. The summed E-state index contributed by atoms with van der Waals surface area (Å²) >= 11 is 0. The number of phenols is 1. The highest BCUT2D eigenvalue weighted by molar-refractivity contribution is 6.25. The molecule has 1 aromatic carbocycles. The number of nitrogens with zero attached hydrogens (tertiary/aromatic N) is 1. The summed E-state index contributed by atoms with van der Waals surface area (Å²) < 4.78 is 4.86. The quantitative estimate of drug-likeness (QED) is 0.622. The molecule has 2 N–H and O–H groups in total. The minimum atomic E-state index is -1.61. The smallest absolute Gasteiger partial charge is 0.353 e. The van der Waals surface area contributed by atoms with Crippen LogP contribution in [-0.4, -0.2) is 28.0 Å². The zero-order valence-electron chi connectivity index (χ0n) is 11.0. The number of hydrogen-bond acceptors (Lipinski definition) is 6. The Hall–Kier alpha value is -3.16. The van der Waals surface area contributed by atoms with E-state index < -0.39 is 29.0 Å². The lowest BCUT2D eigenvalue weighted by Gasteiger charge is -2.17. The standard InChI is InChI=1S/C14H9NO7/c16-6-1-2-7-8(5-6)22-14(21)11(13(19)20)12(7)15-9(17)3-4-10(15)18/h1-2,5,16H,3-4H2,(H,19,20). The molecule has 0 atom stereocenters. The Morgan fingerprint density at radius 1 is 1.14 bits per heavy atom. The van der Waals surface area contributed by atoms with Gasteiger partial charge in [0.05, 0.1) is 5.69 Å². The van der Waals surface area contributed by atoms with Crippen LogP contribution in [0.25, 0.3) is 11.0 Å². The van der Waals surface area contributed by atoms with E-state index in [9.17, 15) is 29.4 Å². The fraction of sp³-hybridized carbons (Fsp3) is 0.143. The average molecular weight is 303 g/mol. The third kappa shape index (κ3) is 1.93. The Morgan fingerprint density at radius 2 is 1.77 bits per heavy atom. The van der Waals surface area contributed by atoms with Crippen molar-refractivity contribution in [2.45, 2.75) is 12.8 Å². The molecule has 0 radical (unpaired) electrons. The Kier molecular flexibility index (Phi) is 2.94. The Labute approximate surface area is 122 Å². The van der Waals surface area contributed by atoms with E-state index in [0.717, 1.165) is 6.07 Å². The Bertz CT molecular complexity index is 880. The normalized spacial score (nSPS) is 14.8. The zero-order chi connectivity index (χ0) is 16.0. The van der Waals surface area contributed by atoms with E-state index in [1.807, 2.05) is 0 Å². The van der Waals surface area contributed by atoms with Crippen LogP contribution in [0.1, 0.15) is 23.2 Å². The lowest BCUT2D eigenvalue weighted by atomic mass is 10.1. The van der Waals surface area contributed by atoms with Gasteiger partial charge in [0.15, 0.2) is 5.56 Å². The fourth-order valence-corrected chi connectivity index (χ4v) is 2.42. The molecule has 0 aliphatic carbocycles. The largest absolute Gasteiger partial charge is 0.508 e. The van der Waals surface area contributed by atoms with Crippen LogP contribution < -0.4 is 10.5 Å². The number of rotatable bonds is 2. The summed E-state index contributed by atoms with van der Waals surface area (Å²) in [5.41, 5.74) is -2.42. The lowest BCUT2D eigenvalue weighted by molar-refractivity contribution is -0.121. The van der Waals surface area contributed by atoms with E-state index in [-0.39, 0.29) is 35.2 Å². The molecule has 1 saturated heterocycles. The maximum absolute atomic E-state index is 11.9. The second kappa shape index (κ2) is 4.69. The molecule has 1 aromatic heterocycles. The Morgan fingerprint density at radius 3 is 2.36 bits per heavy atom. The average Bonchev–Trinajstić information content (AvgIpc) is 2.76. The van der Waals surface area contributed by atoms with E-state index in [2.05, 4.69) is 0 Å². The summed E-state index contributed by atoms with van der Waals surface area (Å²) in [6.45, 7) is 0. The molecule has 0 unspecified atom stereocenters. The SMILES string of the molecule is O=C(O)c1c(N2C(=O)CCC2=O)c2ccc(O)cc2oc1=O. The third-order valence-electron chi connectivity index (χ3n) is 3.35. The molecule has 22 heavy (non-hydrogen) atoms. The van der Waals surface area contributed by atoms with Gasteiger partial charge in [0.25, 0.3) is 0 Å². The van der Waals surface area contributed by atoms with Crippen molar-refractivity contribution in [1.82, 2.24) is 0 Å². The van der Waals surface area contributed by atoms with Crippen LogP contribution in [0.4, 0.5) is 5.69 Å². The first-order valence-electron chi connectivity index (χ1n) is 6.29. The van der Waals surface area contributed by atoms with E-state index in [4.69, 9.17) is 4.42 Å². The van der Waals surface area contributed by atoms with Crippen LogP contribution in [0.15, 0.2) is 27.4 Å². The summed E-state index contributed by atoms with van der Waals surface area (Å²) in [5.74, 6) is -2.99. The van der Waals surface area contributed by atoms with Gasteiger partial charge in [-0.25, -0.2) is 14.5 Å². The maximum Gasteiger partial charge on any atom is 0.353 e. The van der Waals surface area contributed by atoms with Crippen molar-refractivity contribution in [1.29, 1.82) is 0 Å². The molecule has 1 aliphatic rings. The first-order valence-corrected chi connectivity index (χ1v) is 6.29. The number of anilines is 1. The second-order valence-corrected chi connectivity index (χ2v) is 4.72. The van der Waals surface area contributed by atoms with Crippen LogP contribution in [0, 0.1) is 0 Å². The molecule has 2 heterocycles. The molecule has 112 valence electrons. The highest BCUT2D eigenvalue weighted by atomic mass is 16.4. The molecule has 8 nitrogen and oxygen atoms in total. The van der Waals surface area contributed by atoms with Gasteiger partial charge >= 0.3 is 11.6 Å². The third-order valence-corrected chi connectivity index (χ3v) is 3.35. The van der Waals surface area contributed by atoms with Crippen molar-refractivity contribution in [3.63, 3.8) is 0 Å². The summed E-state index contributed by atoms with van der Waals surface area (Å²) in [6, 6.07) is 3.63. The number of imide groups is 1. The van der Waals surface area contributed by atoms with Gasteiger partial charge in [-0.05, 0) is 12.1 Å². The van der Waals surface area contributed by atoms with Crippen molar-refractivity contribution in [3.8, 4) is 5.75 Å². The van der Waals surface area contributed by atoms with Crippen LogP contribution in [0.5, 0.6) is 5.75 Å². The number of carboxylic acid groups (broad SMARTS) is 1.